The molecule has 0 radical (unpaired) electrons. The summed E-state index contributed by atoms with van der Waals surface area (Å²) in [6, 6.07) is 0. The summed E-state index contributed by atoms with van der Waals surface area (Å²) in [7, 11) is 3.19. The number of methoxy groups -OCH3 is 2. The fourth-order valence-electron chi connectivity index (χ4n) is 1.41. The van der Waals surface area contributed by atoms with E-state index in [2.05, 4.69) is 10.3 Å². The number of carbonyl (C=O) groups excluding carboxylic acids is 1. The van der Waals surface area contributed by atoms with Gasteiger partial charge in [0, 0.05) is 27.4 Å². The minimum Gasteiger partial charge on any atom is -0.458 e. The molecule has 1 aromatic heterocycles. The number of hydrogen-bond donors (Lipinski definition) is 0. The Balaban J connectivity index is 2.53. The van der Waals surface area contributed by atoms with Crippen LogP contribution in [0.3, 0.4) is 0 Å². The number of esters is 1. The van der Waals surface area contributed by atoms with Crippen LogP contribution in [0.4, 0.5) is 0 Å². The van der Waals surface area contributed by atoms with E-state index >= 15 is 0 Å². The Labute approximate surface area is 106 Å². The molecule has 0 aliphatic heterocycles. The zero-order valence-electron chi connectivity index (χ0n) is 11.0. The van der Waals surface area contributed by atoms with Crippen molar-refractivity contribution in [2.75, 3.05) is 34.0 Å². The van der Waals surface area contributed by atoms with Gasteiger partial charge >= 0.3 is 5.97 Å². The summed E-state index contributed by atoms with van der Waals surface area (Å²) in [4.78, 5) is 11.7. The fourth-order valence-corrected chi connectivity index (χ4v) is 1.41. The highest BCUT2D eigenvalue weighted by Gasteiger charge is 2.17. The number of aromatic nitrogens is 3. The Kier molecular flexibility index (Phi) is 6.31. The molecule has 0 N–H and O–H groups in total. The van der Waals surface area contributed by atoms with Crippen molar-refractivity contribution in [1.82, 2.24) is 15.0 Å². The third-order valence-corrected chi connectivity index (χ3v) is 2.41. The van der Waals surface area contributed by atoms with Crippen molar-refractivity contribution in [2.45, 2.75) is 19.9 Å². The van der Waals surface area contributed by atoms with Crippen LogP contribution in [0.1, 0.15) is 22.6 Å². The molecular formula is C11H19N3O4. The number of nitrogens with zero attached hydrogens (tertiary/aromatic N) is 3. The third-order valence-electron chi connectivity index (χ3n) is 2.41. The van der Waals surface area contributed by atoms with Crippen LogP contribution in [0.2, 0.25) is 0 Å². The average molecular weight is 257 g/mol. The predicted octanol–water partition coefficient (Wildman–Crippen LogP) is 0.426. The molecule has 18 heavy (non-hydrogen) atoms. The first-order valence-corrected chi connectivity index (χ1v) is 5.75. The van der Waals surface area contributed by atoms with Crippen molar-refractivity contribution in [3.05, 3.63) is 11.4 Å². The molecule has 0 spiro atoms. The molecule has 0 unspecified atom stereocenters. The lowest BCUT2D eigenvalue weighted by Crippen LogP contribution is -2.12. The monoisotopic (exact) mass is 257 g/mol. The lowest BCUT2D eigenvalue weighted by molar-refractivity contribution is 0.0380. The first-order chi connectivity index (χ1) is 8.70. The second kappa shape index (κ2) is 7.78. The zero-order valence-corrected chi connectivity index (χ0v) is 11.0. The maximum absolute atomic E-state index is 11.7. The van der Waals surface area contributed by atoms with Crippen LogP contribution in [-0.4, -0.2) is 55.0 Å². The molecule has 0 saturated carbocycles. The molecule has 0 fully saturated rings. The number of hydrogen-bond acceptors (Lipinski definition) is 6. The van der Waals surface area contributed by atoms with Gasteiger partial charge in [-0.15, -0.1) is 5.10 Å². The van der Waals surface area contributed by atoms with Gasteiger partial charge in [0.2, 0.25) is 0 Å². The Hall–Kier alpha value is -1.47. The Morgan fingerprint density at radius 2 is 1.94 bits per heavy atom. The van der Waals surface area contributed by atoms with Crippen LogP contribution >= 0.6 is 0 Å². The number of ether oxygens (including phenoxy) is 3. The summed E-state index contributed by atoms with van der Waals surface area (Å²) < 4.78 is 16.4. The van der Waals surface area contributed by atoms with E-state index in [4.69, 9.17) is 14.2 Å². The molecule has 7 heteroatoms. The SMILES string of the molecule is COCCCn1nnc(C(=O)OCCOC)c1C. The molecule has 102 valence electrons. The molecule has 0 aliphatic carbocycles. The maximum atomic E-state index is 11.7. The normalized spacial score (nSPS) is 10.6. The van der Waals surface area contributed by atoms with E-state index in [0.29, 0.717) is 25.5 Å². The van der Waals surface area contributed by atoms with Crippen LogP contribution in [0.5, 0.6) is 0 Å². The molecule has 1 aromatic rings. The van der Waals surface area contributed by atoms with Crippen LogP contribution in [0, 0.1) is 6.92 Å². The van der Waals surface area contributed by atoms with Gasteiger partial charge in [-0.25, -0.2) is 9.48 Å². The van der Waals surface area contributed by atoms with Gasteiger partial charge in [-0.1, -0.05) is 5.21 Å². The van der Waals surface area contributed by atoms with Crippen molar-refractivity contribution in [1.29, 1.82) is 0 Å². The van der Waals surface area contributed by atoms with Crippen LogP contribution in [0.15, 0.2) is 0 Å². The molecule has 0 aliphatic rings. The Bertz CT molecular complexity index is 378. The van der Waals surface area contributed by atoms with E-state index in [0.717, 1.165) is 6.42 Å². The van der Waals surface area contributed by atoms with Gasteiger partial charge in [0.15, 0.2) is 5.69 Å². The van der Waals surface area contributed by atoms with Gasteiger partial charge in [0.1, 0.15) is 6.61 Å². The molecule has 1 heterocycles. The van der Waals surface area contributed by atoms with E-state index in [9.17, 15) is 4.79 Å². The topological polar surface area (TPSA) is 75.5 Å². The number of carbonyl (C=O) groups is 1. The van der Waals surface area contributed by atoms with Gasteiger partial charge in [-0.05, 0) is 13.3 Å². The smallest absolute Gasteiger partial charge is 0.360 e. The van der Waals surface area contributed by atoms with Crippen molar-refractivity contribution < 1.29 is 19.0 Å². The lowest BCUT2D eigenvalue weighted by atomic mass is 10.3. The minimum absolute atomic E-state index is 0.214. The molecule has 7 nitrogen and oxygen atoms in total. The maximum Gasteiger partial charge on any atom is 0.360 e. The molecular weight excluding hydrogens is 238 g/mol. The van der Waals surface area contributed by atoms with Gasteiger partial charge in [-0.3, -0.25) is 0 Å². The Morgan fingerprint density at radius 1 is 1.22 bits per heavy atom. The van der Waals surface area contributed by atoms with Gasteiger partial charge in [0.25, 0.3) is 0 Å². The summed E-state index contributed by atoms with van der Waals surface area (Å²) in [5.41, 5.74) is 0.956. The van der Waals surface area contributed by atoms with Crippen molar-refractivity contribution >= 4 is 5.97 Å². The molecule has 0 aromatic carbocycles. The zero-order chi connectivity index (χ0) is 13.4. The Morgan fingerprint density at radius 3 is 2.61 bits per heavy atom. The van der Waals surface area contributed by atoms with E-state index in [1.165, 1.54) is 0 Å². The summed E-state index contributed by atoms with van der Waals surface area (Å²) in [6.45, 7) is 3.68. The van der Waals surface area contributed by atoms with E-state index in [-0.39, 0.29) is 12.3 Å². The van der Waals surface area contributed by atoms with E-state index in [1.54, 1.807) is 25.8 Å². The van der Waals surface area contributed by atoms with Gasteiger partial charge in [0.05, 0.1) is 12.3 Å². The van der Waals surface area contributed by atoms with E-state index < -0.39 is 5.97 Å². The molecule has 0 bridgehead atoms. The summed E-state index contributed by atoms with van der Waals surface area (Å²) in [6.07, 6.45) is 0.818. The second-order valence-electron chi connectivity index (χ2n) is 3.72. The molecule has 0 saturated heterocycles. The van der Waals surface area contributed by atoms with Crippen molar-refractivity contribution in [3.63, 3.8) is 0 Å². The summed E-state index contributed by atoms with van der Waals surface area (Å²) in [5.74, 6) is -0.470. The van der Waals surface area contributed by atoms with Gasteiger partial charge < -0.3 is 14.2 Å². The fraction of sp³-hybridized carbons (Fsp3) is 0.727. The molecule has 0 atom stereocenters. The first kappa shape index (κ1) is 14.6. The molecule has 1 rings (SSSR count). The van der Waals surface area contributed by atoms with Crippen LogP contribution < -0.4 is 0 Å². The second-order valence-corrected chi connectivity index (χ2v) is 3.72. The average Bonchev–Trinajstić information content (AvgIpc) is 2.72. The summed E-state index contributed by atoms with van der Waals surface area (Å²) in [5, 5.41) is 7.75. The lowest BCUT2D eigenvalue weighted by Gasteiger charge is -2.04. The highest BCUT2D eigenvalue weighted by molar-refractivity contribution is 5.88. The largest absolute Gasteiger partial charge is 0.458 e. The van der Waals surface area contributed by atoms with Crippen molar-refractivity contribution in [2.24, 2.45) is 0 Å². The standard InChI is InChI=1S/C11H19N3O4/c1-9-10(11(15)18-8-7-17-3)12-13-14(9)5-4-6-16-2/h4-8H2,1-3H3. The predicted molar refractivity (Wildman–Crippen MR) is 63.4 cm³/mol. The number of aryl methyl sites for hydroxylation is 1. The van der Waals surface area contributed by atoms with Crippen LogP contribution in [0.25, 0.3) is 0 Å². The van der Waals surface area contributed by atoms with Gasteiger partial charge in [-0.2, -0.15) is 0 Å². The first-order valence-electron chi connectivity index (χ1n) is 5.75. The van der Waals surface area contributed by atoms with Crippen molar-refractivity contribution in [3.8, 4) is 0 Å². The number of rotatable bonds is 8. The minimum atomic E-state index is -0.470. The van der Waals surface area contributed by atoms with E-state index in [1.807, 2.05) is 0 Å². The quantitative estimate of drug-likeness (QED) is 0.496. The third kappa shape index (κ3) is 4.08. The highest BCUT2D eigenvalue weighted by Crippen LogP contribution is 2.06. The highest BCUT2D eigenvalue weighted by atomic mass is 16.6. The van der Waals surface area contributed by atoms with Crippen LogP contribution in [-0.2, 0) is 20.8 Å². The summed E-state index contributed by atoms with van der Waals surface area (Å²) >= 11 is 0. The molecule has 0 amide bonds.